The number of ether oxygens (including phenoxy) is 3. The quantitative estimate of drug-likeness (QED) is 0.556. The summed E-state index contributed by atoms with van der Waals surface area (Å²) in [6.07, 6.45) is -5.61. The summed E-state index contributed by atoms with van der Waals surface area (Å²) in [6.45, 7) is 1.74. The maximum Gasteiger partial charge on any atom is 0.573 e. The lowest BCUT2D eigenvalue weighted by Crippen LogP contribution is -2.17. The monoisotopic (exact) mass is 406 g/mol. The van der Waals surface area contributed by atoms with Crippen LogP contribution in [0, 0.1) is 6.92 Å². The minimum Gasteiger partial charge on any atom is -0.438 e. The van der Waals surface area contributed by atoms with Crippen molar-refractivity contribution >= 4 is 6.16 Å². The van der Waals surface area contributed by atoms with Gasteiger partial charge in [0.1, 0.15) is 18.1 Å². The van der Waals surface area contributed by atoms with E-state index in [2.05, 4.69) is 14.6 Å². The highest BCUT2D eigenvalue weighted by Gasteiger charge is 2.32. The van der Waals surface area contributed by atoms with E-state index in [1.807, 2.05) is 6.92 Å². The molecule has 0 saturated heterocycles. The molecule has 3 rings (SSSR count). The minimum absolute atomic E-state index is 0.0670. The van der Waals surface area contributed by atoms with Crippen molar-refractivity contribution in [3.8, 4) is 22.6 Å². The Morgan fingerprint density at radius 1 is 1.10 bits per heavy atom. The van der Waals surface area contributed by atoms with E-state index in [4.69, 9.17) is 4.74 Å². The molecule has 0 fully saturated rings. The third-order valence-corrected chi connectivity index (χ3v) is 3.96. The average Bonchev–Trinajstić information content (AvgIpc) is 3.06. The SMILES string of the molecule is COC(=O)OCc1cc(C)n(-c2cccc(-c3ccccc3OC(F)(F)F)c2)n1. The van der Waals surface area contributed by atoms with Crippen LogP contribution >= 0.6 is 0 Å². The van der Waals surface area contributed by atoms with Crippen LogP contribution in [0.4, 0.5) is 18.0 Å². The van der Waals surface area contributed by atoms with Crippen LogP contribution in [0.5, 0.6) is 5.75 Å². The molecule has 0 aliphatic rings. The first kappa shape index (κ1) is 20.2. The van der Waals surface area contributed by atoms with Gasteiger partial charge in [-0.15, -0.1) is 13.2 Å². The van der Waals surface area contributed by atoms with Gasteiger partial charge in [0.05, 0.1) is 12.8 Å². The molecule has 0 radical (unpaired) electrons. The Labute approximate surface area is 164 Å². The highest BCUT2D eigenvalue weighted by atomic mass is 19.4. The molecule has 2 aromatic carbocycles. The van der Waals surface area contributed by atoms with Crippen LogP contribution in [-0.2, 0) is 16.1 Å². The van der Waals surface area contributed by atoms with Crippen LogP contribution in [-0.4, -0.2) is 29.4 Å². The van der Waals surface area contributed by atoms with Gasteiger partial charge in [0.15, 0.2) is 0 Å². The number of carbonyl (C=O) groups is 1. The molecule has 1 aromatic heterocycles. The fraction of sp³-hybridized carbons (Fsp3) is 0.200. The molecule has 0 amide bonds. The lowest BCUT2D eigenvalue weighted by atomic mass is 10.0. The predicted molar refractivity (Wildman–Crippen MR) is 97.6 cm³/mol. The molecular formula is C20H17F3N2O4. The van der Waals surface area contributed by atoms with Gasteiger partial charge in [-0.2, -0.15) is 5.10 Å². The van der Waals surface area contributed by atoms with Crippen LogP contribution in [0.2, 0.25) is 0 Å². The Morgan fingerprint density at radius 2 is 1.86 bits per heavy atom. The summed E-state index contributed by atoms with van der Waals surface area (Å²) >= 11 is 0. The smallest absolute Gasteiger partial charge is 0.438 e. The topological polar surface area (TPSA) is 62.6 Å². The zero-order chi connectivity index (χ0) is 21.0. The summed E-state index contributed by atoms with van der Waals surface area (Å²) in [6, 6.07) is 14.5. The summed E-state index contributed by atoms with van der Waals surface area (Å²) in [5, 5.41) is 4.38. The Hall–Kier alpha value is -3.49. The van der Waals surface area contributed by atoms with Crippen molar-refractivity contribution in [1.82, 2.24) is 9.78 Å². The maximum atomic E-state index is 12.7. The Bertz CT molecular complexity index is 1010. The van der Waals surface area contributed by atoms with Crippen molar-refractivity contribution < 1.29 is 32.2 Å². The number of aryl methyl sites for hydroxylation is 1. The molecule has 3 aromatic rings. The molecule has 0 spiro atoms. The van der Waals surface area contributed by atoms with Crippen molar-refractivity contribution in [2.24, 2.45) is 0 Å². The number of para-hydroxylation sites is 1. The minimum atomic E-state index is -4.79. The number of hydrogen-bond donors (Lipinski definition) is 0. The van der Waals surface area contributed by atoms with E-state index in [0.29, 0.717) is 22.5 Å². The van der Waals surface area contributed by atoms with E-state index in [1.54, 1.807) is 47.1 Å². The fourth-order valence-electron chi connectivity index (χ4n) is 2.79. The zero-order valence-corrected chi connectivity index (χ0v) is 15.6. The van der Waals surface area contributed by atoms with E-state index in [0.717, 1.165) is 5.69 Å². The van der Waals surface area contributed by atoms with Gasteiger partial charge in [-0.05, 0) is 36.8 Å². The van der Waals surface area contributed by atoms with Crippen LogP contribution in [0.15, 0.2) is 54.6 Å². The Kier molecular flexibility index (Phi) is 5.76. The van der Waals surface area contributed by atoms with Gasteiger partial charge in [-0.25, -0.2) is 9.48 Å². The van der Waals surface area contributed by atoms with Gasteiger partial charge in [0, 0.05) is 11.3 Å². The average molecular weight is 406 g/mol. The Balaban J connectivity index is 1.92. The zero-order valence-electron chi connectivity index (χ0n) is 15.6. The number of benzene rings is 2. The first-order valence-electron chi connectivity index (χ1n) is 8.48. The fourth-order valence-corrected chi connectivity index (χ4v) is 2.79. The highest BCUT2D eigenvalue weighted by molar-refractivity contribution is 5.72. The second kappa shape index (κ2) is 8.26. The van der Waals surface area contributed by atoms with Gasteiger partial charge in [-0.3, -0.25) is 0 Å². The number of halogens is 3. The van der Waals surface area contributed by atoms with Crippen LogP contribution in [0.25, 0.3) is 16.8 Å². The van der Waals surface area contributed by atoms with Crippen molar-refractivity contribution in [2.45, 2.75) is 19.9 Å². The molecule has 1 heterocycles. The third kappa shape index (κ3) is 5.07. The molecular weight excluding hydrogens is 389 g/mol. The molecule has 29 heavy (non-hydrogen) atoms. The third-order valence-electron chi connectivity index (χ3n) is 3.96. The molecule has 0 saturated carbocycles. The highest BCUT2D eigenvalue weighted by Crippen LogP contribution is 2.34. The van der Waals surface area contributed by atoms with Crippen molar-refractivity contribution in [3.05, 3.63) is 66.0 Å². The van der Waals surface area contributed by atoms with Gasteiger partial charge in [0.2, 0.25) is 0 Å². The van der Waals surface area contributed by atoms with Crippen LogP contribution < -0.4 is 4.74 Å². The normalized spacial score (nSPS) is 11.2. The van der Waals surface area contributed by atoms with Gasteiger partial charge in [-0.1, -0.05) is 30.3 Å². The number of hydrogen-bond acceptors (Lipinski definition) is 5. The largest absolute Gasteiger partial charge is 0.573 e. The van der Waals surface area contributed by atoms with E-state index < -0.39 is 12.5 Å². The number of rotatable bonds is 5. The van der Waals surface area contributed by atoms with Crippen molar-refractivity contribution in [1.29, 1.82) is 0 Å². The summed E-state index contributed by atoms with van der Waals surface area (Å²) in [7, 11) is 1.21. The first-order chi connectivity index (χ1) is 13.8. The molecule has 9 heteroatoms. The molecule has 152 valence electrons. The number of nitrogens with zero attached hydrogens (tertiary/aromatic N) is 2. The molecule has 0 aliphatic heterocycles. The van der Waals surface area contributed by atoms with Gasteiger partial charge >= 0.3 is 12.5 Å². The van der Waals surface area contributed by atoms with Gasteiger partial charge in [0.25, 0.3) is 0 Å². The molecule has 0 aliphatic carbocycles. The maximum absolute atomic E-state index is 12.7. The standard InChI is InChI=1S/C20H17F3N2O4/c1-13-10-15(12-28-19(26)27-2)24-25(13)16-7-5-6-14(11-16)17-8-3-4-9-18(17)29-20(21,22)23/h3-11H,12H2,1-2H3. The number of aromatic nitrogens is 2. The number of carbonyl (C=O) groups excluding carboxylic acids is 1. The Morgan fingerprint density at radius 3 is 2.59 bits per heavy atom. The molecule has 0 unspecified atom stereocenters. The van der Waals surface area contributed by atoms with E-state index in [-0.39, 0.29) is 12.4 Å². The summed E-state index contributed by atoms with van der Waals surface area (Å²) in [5.74, 6) is -0.290. The predicted octanol–water partition coefficient (Wildman–Crippen LogP) is 5.03. The molecule has 0 bridgehead atoms. The second-order valence-electron chi connectivity index (χ2n) is 6.03. The van der Waals surface area contributed by atoms with E-state index in [9.17, 15) is 18.0 Å². The first-order valence-corrected chi connectivity index (χ1v) is 8.48. The molecule has 0 atom stereocenters. The van der Waals surface area contributed by atoms with Crippen molar-refractivity contribution in [2.75, 3.05) is 7.11 Å². The molecule has 0 N–H and O–H groups in total. The van der Waals surface area contributed by atoms with Crippen molar-refractivity contribution in [3.63, 3.8) is 0 Å². The number of alkyl halides is 3. The second-order valence-corrected chi connectivity index (χ2v) is 6.03. The van der Waals surface area contributed by atoms with Gasteiger partial charge < -0.3 is 14.2 Å². The summed E-state index contributed by atoms with van der Waals surface area (Å²) in [4.78, 5) is 11.1. The lowest BCUT2D eigenvalue weighted by molar-refractivity contribution is -0.274. The molecule has 6 nitrogen and oxygen atoms in total. The summed E-state index contributed by atoms with van der Waals surface area (Å²) in [5.41, 5.74) is 2.71. The van der Waals surface area contributed by atoms with Crippen LogP contribution in [0.3, 0.4) is 0 Å². The van der Waals surface area contributed by atoms with E-state index >= 15 is 0 Å². The van der Waals surface area contributed by atoms with E-state index in [1.165, 1.54) is 19.2 Å². The lowest BCUT2D eigenvalue weighted by Gasteiger charge is -2.14. The summed E-state index contributed by atoms with van der Waals surface area (Å²) < 4.78 is 53.2. The van der Waals surface area contributed by atoms with Crippen LogP contribution in [0.1, 0.15) is 11.4 Å². The number of methoxy groups -OCH3 is 1.